The highest BCUT2D eigenvalue weighted by molar-refractivity contribution is 6.40. The van der Waals surface area contributed by atoms with Gasteiger partial charge in [-0.25, -0.2) is 9.18 Å². The number of anilines is 1. The molecule has 0 heterocycles. The summed E-state index contributed by atoms with van der Waals surface area (Å²) in [6, 6.07) is 12.2. The third-order valence-electron chi connectivity index (χ3n) is 3.94. The molecule has 0 radical (unpaired) electrons. The number of amides is 2. The number of hydrogen-bond acceptors (Lipinski definition) is 4. The number of rotatable bonds is 8. The average Bonchev–Trinajstić information content (AvgIpc) is 2.70. The molecule has 0 unspecified atom stereocenters. The number of carbonyl (C=O) groups excluding carboxylic acids is 3. The Kier molecular flexibility index (Phi) is 8.14. The highest BCUT2D eigenvalue weighted by atomic mass is 19.1. The van der Waals surface area contributed by atoms with Gasteiger partial charge in [-0.3, -0.25) is 9.59 Å². The van der Waals surface area contributed by atoms with E-state index in [9.17, 15) is 18.8 Å². The third kappa shape index (κ3) is 6.50. The first-order valence-corrected chi connectivity index (χ1v) is 9.11. The molecule has 0 bridgehead atoms. The van der Waals surface area contributed by atoms with Gasteiger partial charge >= 0.3 is 17.8 Å². The van der Waals surface area contributed by atoms with E-state index >= 15 is 0 Å². The molecule has 2 rings (SSSR count). The fourth-order valence-corrected chi connectivity index (χ4v) is 2.39. The Bertz CT molecular complexity index is 821. The lowest BCUT2D eigenvalue weighted by molar-refractivity contribution is -0.136. The lowest BCUT2D eigenvalue weighted by Crippen LogP contribution is -2.36. The van der Waals surface area contributed by atoms with Gasteiger partial charge in [-0.1, -0.05) is 37.6 Å². The van der Waals surface area contributed by atoms with Crippen molar-refractivity contribution in [1.29, 1.82) is 0 Å². The molecule has 28 heavy (non-hydrogen) atoms. The molecule has 0 saturated heterocycles. The van der Waals surface area contributed by atoms with E-state index in [1.54, 1.807) is 24.3 Å². The quantitative estimate of drug-likeness (QED) is 0.415. The molecule has 0 atom stereocenters. The van der Waals surface area contributed by atoms with Crippen LogP contribution in [0.3, 0.4) is 0 Å². The number of ether oxygens (including phenoxy) is 1. The zero-order chi connectivity index (χ0) is 20.4. The van der Waals surface area contributed by atoms with Crippen LogP contribution in [0.5, 0.6) is 0 Å². The van der Waals surface area contributed by atoms with Gasteiger partial charge in [0.05, 0.1) is 17.9 Å². The fraction of sp³-hybridized carbons (Fsp3) is 0.286. The predicted octanol–water partition coefficient (Wildman–Crippen LogP) is 3.08. The Labute approximate surface area is 163 Å². The van der Waals surface area contributed by atoms with Gasteiger partial charge < -0.3 is 15.4 Å². The summed E-state index contributed by atoms with van der Waals surface area (Å²) in [4.78, 5) is 36.2. The van der Waals surface area contributed by atoms with E-state index in [4.69, 9.17) is 4.74 Å². The van der Waals surface area contributed by atoms with Gasteiger partial charge in [-0.2, -0.15) is 0 Å². The van der Waals surface area contributed by atoms with Crippen molar-refractivity contribution < 1.29 is 23.5 Å². The average molecular weight is 386 g/mol. The first kappa shape index (κ1) is 21.1. The van der Waals surface area contributed by atoms with Gasteiger partial charge in [-0.15, -0.1) is 0 Å². The van der Waals surface area contributed by atoms with E-state index in [0.29, 0.717) is 13.0 Å². The zero-order valence-corrected chi connectivity index (χ0v) is 15.7. The first-order valence-electron chi connectivity index (χ1n) is 9.11. The summed E-state index contributed by atoms with van der Waals surface area (Å²) in [6.07, 6.45) is 2.10. The van der Waals surface area contributed by atoms with Gasteiger partial charge in [0.2, 0.25) is 0 Å². The van der Waals surface area contributed by atoms with Crippen LogP contribution in [-0.4, -0.2) is 30.9 Å². The molecule has 0 aliphatic carbocycles. The van der Waals surface area contributed by atoms with E-state index < -0.39 is 17.8 Å². The fourth-order valence-electron chi connectivity index (χ4n) is 2.39. The minimum absolute atomic E-state index is 0.186. The molecule has 2 aromatic rings. The molecule has 0 fully saturated rings. The molecular formula is C21H23FN2O4. The van der Waals surface area contributed by atoms with E-state index in [1.807, 2.05) is 6.92 Å². The van der Waals surface area contributed by atoms with Gasteiger partial charge in [0.25, 0.3) is 0 Å². The van der Waals surface area contributed by atoms with Crippen molar-refractivity contribution in [1.82, 2.24) is 5.32 Å². The second-order valence-corrected chi connectivity index (χ2v) is 6.12. The number of benzene rings is 2. The summed E-state index contributed by atoms with van der Waals surface area (Å²) < 4.78 is 18.0. The van der Waals surface area contributed by atoms with Gasteiger partial charge in [0.15, 0.2) is 0 Å². The largest absolute Gasteiger partial charge is 0.462 e. The van der Waals surface area contributed by atoms with E-state index in [1.165, 1.54) is 24.3 Å². The molecule has 2 amide bonds. The number of para-hydroxylation sites is 1. The maximum absolute atomic E-state index is 12.9. The summed E-state index contributed by atoms with van der Waals surface area (Å²) in [6.45, 7) is 2.50. The monoisotopic (exact) mass is 386 g/mol. The highest BCUT2D eigenvalue weighted by Gasteiger charge is 2.18. The number of unbranched alkanes of at least 4 members (excludes halogenated alkanes) is 1. The van der Waals surface area contributed by atoms with Crippen LogP contribution in [0.15, 0.2) is 48.5 Å². The zero-order valence-electron chi connectivity index (χ0n) is 15.7. The second kappa shape index (κ2) is 10.8. The van der Waals surface area contributed by atoms with Crippen molar-refractivity contribution in [3.63, 3.8) is 0 Å². The molecule has 148 valence electrons. The van der Waals surface area contributed by atoms with Crippen molar-refractivity contribution in [2.24, 2.45) is 0 Å². The molecule has 0 aliphatic rings. The maximum Gasteiger partial charge on any atom is 0.340 e. The van der Waals surface area contributed by atoms with Crippen molar-refractivity contribution in [3.05, 3.63) is 65.5 Å². The van der Waals surface area contributed by atoms with Crippen LogP contribution in [0.25, 0.3) is 0 Å². The van der Waals surface area contributed by atoms with E-state index in [0.717, 1.165) is 18.4 Å². The van der Waals surface area contributed by atoms with Gasteiger partial charge in [0.1, 0.15) is 5.82 Å². The third-order valence-corrected chi connectivity index (χ3v) is 3.94. The lowest BCUT2D eigenvalue weighted by atomic mass is 10.1. The Morgan fingerprint density at radius 2 is 1.71 bits per heavy atom. The Balaban J connectivity index is 1.88. The number of esters is 1. The lowest BCUT2D eigenvalue weighted by Gasteiger charge is -2.11. The molecule has 2 aromatic carbocycles. The SMILES string of the molecule is CCCCOC(=O)c1ccccc1NC(=O)C(=O)NCCc1ccc(F)cc1. The van der Waals surface area contributed by atoms with E-state index in [-0.39, 0.29) is 23.6 Å². The molecule has 0 aromatic heterocycles. The summed E-state index contributed by atoms with van der Waals surface area (Å²) in [5, 5.41) is 4.93. The summed E-state index contributed by atoms with van der Waals surface area (Å²) >= 11 is 0. The van der Waals surface area contributed by atoms with Crippen LogP contribution in [0.2, 0.25) is 0 Å². The molecule has 2 N–H and O–H groups in total. The Morgan fingerprint density at radius 3 is 2.43 bits per heavy atom. The number of halogens is 1. The minimum Gasteiger partial charge on any atom is -0.462 e. The summed E-state index contributed by atoms with van der Waals surface area (Å²) in [5.74, 6) is -2.59. The Morgan fingerprint density at radius 1 is 1.00 bits per heavy atom. The van der Waals surface area contributed by atoms with Crippen LogP contribution in [-0.2, 0) is 20.7 Å². The minimum atomic E-state index is -0.882. The van der Waals surface area contributed by atoms with Gasteiger partial charge in [0, 0.05) is 6.54 Å². The predicted molar refractivity (Wildman–Crippen MR) is 103 cm³/mol. The molecule has 7 heteroatoms. The molecule has 0 spiro atoms. The van der Waals surface area contributed by atoms with Crippen LogP contribution < -0.4 is 10.6 Å². The maximum atomic E-state index is 12.9. The second-order valence-electron chi connectivity index (χ2n) is 6.12. The standard InChI is InChI=1S/C21H23FN2O4/c1-2-3-14-28-21(27)17-6-4-5-7-18(17)24-20(26)19(25)23-13-12-15-8-10-16(22)11-9-15/h4-11H,2-3,12-14H2,1H3,(H,23,25)(H,24,26). The summed E-state index contributed by atoms with van der Waals surface area (Å²) in [7, 11) is 0. The number of hydrogen-bond donors (Lipinski definition) is 2. The smallest absolute Gasteiger partial charge is 0.340 e. The van der Waals surface area contributed by atoms with Crippen molar-refractivity contribution in [2.45, 2.75) is 26.2 Å². The highest BCUT2D eigenvalue weighted by Crippen LogP contribution is 2.16. The molecule has 6 nitrogen and oxygen atoms in total. The topological polar surface area (TPSA) is 84.5 Å². The van der Waals surface area contributed by atoms with Crippen LogP contribution >= 0.6 is 0 Å². The number of carbonyl (C=O) groups is 3. The van der Waals surface area contributed by atoms with Crippen LogP contribution in [0.1, 0.15) is 35.7 Å². The van der Waals surface area contributed by atoms with Crippen LogP contribution in [0, 0.1) is 5.82 Å². The molecule has 0 saturated carbocycles. The van der Waals surface area contributed by atoms with Crippen molar-refractivity contribution in [3.8, 4) is 0 Å². The van der Waals surface area contributed by atoms with Gasteiger partial charge in [-0.05, 0) is 42.7 Å². The Hall–Kier alpha value is -3.22. The van der Waals surface area contributed by atoms with Crippen molar-refractivity contribution >= 4 is 23.5 Å². The first-order chi connectivity index (χ1) is 13.5. The van der Waals surface area contributed by atoms with E-state index in [2.05, 4.69) is 10.6 Å². The van der Waals surface area contributed by atoms with Crippen molar-refractivity contribution in [2.75, 3.05) is 18.5 Å². The number of nitrogens with one attached hydrogen (secondary N) is 2. The molecular weight excluding hydrogens is 363 g/mol. The summed E-state index contributed by atoms with van der Waals surface area (Å²) in [5.41, 5.74) is 1.23. The normalized spacial score (nSPS) is 10.2. The molecule has 0 aliphatic heterocycles. The van der Waals surface area contributed by atoms with Crippen LogP contribution in [0.4, 0.5) is 10.1 Å².